The van der Waals surface area contributed by atoms with Gasteiger partial charge in [0.15, 0.2) is 0 Å². The Balaban J connectivity index is 1.22. The first-order valence-electron chi connectivity index (χ1n) is 17.4. The molecule has 1 amide bonds. The van der Waals surface area contributed by atoms with E-state index in [1.165, 1.54) is 116 Å². The van der Waals surface area contributed by atoms with Crippen LogP contribution in [0.2, 0.25) is 0 Å². The highest BCUT2D eigenvalue weighted by Crippen LogP contribution is 2.34. The number of hydrogen-bond donors (Lipinski definition) is 3. The summed E-state index contributed by atoms with van der Waals surface area (Å²) in [6.45, 7) is 2.83. The van der Waals surface area contributed by atoms with Crippen LogP contribution in [0, 0.1) is 0 Å². The maximum absolute atomic E-state index is 13.0. The lowest BCUT2D eigenvalue weighted by Crippen LogP contribution is -2.31. The number of carbonyl (C=O) groups excluding carboxylic acids is 2. The molecule has 1 fully saturated rings. The van der Waals surface area contributed by atoms with Crippen LogP contribution < -0.4 is 15.4 Å². The average molecular weight is 582 g/mol. The van der Waals surface area contributed by atoms with Crippen molar-refractivity contribution in [3.05, 3.63) is 23.9 Å². The SMILES string of the molecule is CCCCCCCCCCCCCCCCCCCCNC(=O)C(=O)c1c[nH]c2cc(OC)c(NC3CCCC3)cc12. The molecule has 236 valence electrons. The predicted molar refractivity (Wildman–Crippen MR) is 177 cm³/mol. The second-order valence-corrected chi connectivity index (χ2v) is 12.5. The Morgan fingerprint density at radius 1 is 0.786 bits per heavy atom. The van der Waals surface area contributed by atoms with E-state index in [2.05, 4.69) is 22.5 Å². The lowest BCUT2D eigenvalue weighted by atomic mass is 10.0. The molecule has 1 aromatic heterocycles. The van der Waals surface area contributed by atoms with Gasteiger partial charge in [0, 0.05) is 35.8 Å². The van der Waals surface area contributed by atoms with Crippen molar-refractivity contribution in [1.82, 2.24) is 10.3 Å². The molecule has 2 aromatic rings. The van der Waals surface area contributed by atoms with Crippen LogP contribution in [0.5, 0.6) is 5.75 Å². The molecular weight excluding hydrogens is 522 g/mol. The zero-order valence-electron chi connectivity index (χ0n) is 26.8. The molecule has 3 rings (SSSR count). The van der Waals surface area contributed by atoms with E-state index < -0.39 is 11.7 Å². The van der Waals surface area contributed by atoms with E-state index in [0.29, 0.717) is 18.2 Å². The molecule has 1 aliphatic carbocycles. The lowest BCUT2D eigenvalue weighted by Gasteiger charge is -2.17. The van der Waals surface area contributed by atoms with E-state index in [9.17, 15) is 9.59 Å². The van der Waals surface area contributed by atoms with Gasteiger partial charge in [-0.2, -0.15) is 0 Å². The van der Waals surface area contributed by atoms with Gasteiger partial charge in [0.05, 0.1) is 18.4 Å². The molecule has 1 saturated carbocycles. The summed E-state index contributed by atoms with van der Waals surface area (Å²) in [4.78, 5) is 28.7. The molecule has 0 aliphatic heterocycles. The van der Waals surface area contributed by atoms with Gasteiger partial charge in [-0.1, -0.05) is 129 Å². The van der Waals surface area contributed by atoms with E-state index in [1.54, 1.807) is 13.3 Å². The molecule has 0 unspecified atom stereocenters. The van der Waals surface area contributed by atoms with Crippen LogP contribution in [0.1, 0.15) is 159 Å². The number of benzene rings is 1. The number of fused-ring (bicyclic) bond motifs is 1. The van der Waals surface area contributed by atoms with Crippen LogP contribution in [0.3, 0.4) is 0 Å². The third kappa shape index (κ3) is 12.0. The van der Waals surface area contributed by atoms with Crippen LogP contribution in [0.25, 0.3) is 10.9 Å². The van der Waals surface area contributed by atoms with Crippen molar-refractivity contribution in [2.24, 2.45) is 0 Å². The third-order valence-electron chi connectivity index (χ3n) is 8.98. The number of amides is 1. The van der Waals surface area contributed by atoms with Gasteiger partial charge in [0.25, 0.3) is 11.7 Å². The van der Waals surface area contributed by atoms with Gasteiger partial charge in [0.2, 0.25) is 0 Å². The summed E-state index contributed by atoms with van der Waals surface area (Å²) >= 11 is 0. The number of nitrogens with one attached hydrogen (secondary N) is 3. The fourth-order valence-corrected chi connectivity index (χ4v) is 6.34. The zero-order chi connectivity index (χ0) is 29.8. The summed E-state index contributed by atoms with van der Waals surface area (Å²) in [7, 11) is 1.66. The molecule has 0 atom stereocenters. The number of carbonyl (C=O) groups is 2. The number of ether oxygens (including phenoxy) is 1. The summed E-state index contributed by atoms with van der Waals surface area (Å²) in [5, 5.41) is 7.17. The molecule has 6 nitrogen and oxygen atoms in total. The van der Waals surface area contributed by atoms with Gasteiger partial charge >= 0.3 is 0 Å². The number of unbranched alkanes of at least 4 members (excludes halogenated alkanes) is 17. The first-order valence-corrected chi connectivity index (χ1v) is 17.4. The smallest absolute Gasteiger partial charge is 0.292 e. The Bertz CT molecular complexity index is 1040. The van der Waals surface area contributed by atoms with Crippen molar-refractivity contribution in [3.63, 3.8) is 0 Å². The van der Waals surface area contributed by atoms with Crippen molar-refractivity contribution in [2.45, 2.75) is 154 Å². The number of rotatable bonds is 24. The van der Waals surface area contributed by atoms with Gasteiger partial charge in [-0.3, -0.25) is 9.59 Å². The number of Topliss-reactive ketones (excluding diaryl/α,β-unsaturated/α-hetero) is 1. The maximum Gasteiger partial charge on any atom is 0.292 e. The summed E-state index contributed by atoms with van der Waals surface area (Å²) in [5.41, 5.74) is 2.09. The first kappa shape index (κ1) is 34.0. The van der Waals surface area contributed by atoms with Crippen molar-refractivity contribution < 1.29 is 14.3 Å². The zero-order valence-corrected chi connectivity index (χ0v) is 26.8. The molecule has 1 aliphatic rings. The molecule has 0 spiro atoms. The maximum atomic E-state index is 13.0. The standard InChI is InChI=1S/C36H59N3O3/c1-3-4-5-6-7-8-9-10-11-12-13-14-15-16-17-18-19-22-25-37-36(41)35(40)31-28-38-32-27-34(42-2)33(26-30(31)32)39-29-23-20-21-24-29/h26-29,38-39H,3-25H2,1-2H3,(H,37,41). The van der Waals surface area contributed by atoms with Crippen LogP contribution in [0.15, 0.2) is 18.3 Å². The number of hydrogen-bond acceptors (Lipinski definition) is 4. The molecule has 0 radical (unpaired) electrons. The number of aromatic nitrogens is 1. The molecule has 1 heterocycles. The summed E-state index contributed by atoms with van der Waals surface area (Å²) in [5.74, 6) is -0.265. The highest BCUT2D eigenvalue weighted by atomic mass is 16.5. The van der Waals surface area contributed by atoms with Gasteiger partial charge in [0.1, 0.15) is 5.75 Å². The van der Waals surface area contributed by atoms with Gasteiger partial charge < -0.3 is 20.4 Å². The Kier molecular flexibility index (Phi) is 16.5. The second kappa shape index (κ2) is 20.4. The summed E-state index contributed by atoms with van der Waals surface area (Å²) < 4.78 is 5.58. The van der Waals surface area contributed by atoms with E-state index in [-0.39, 0.29) is 0 Å². The van der Waals surface area contributed by atoms with Crippen molar-refractivity contribution in [3.8, 4) is 5.75 Å². The fourth-order valence-electron chi connectivity index (χ4n) is 6.34. The van der Waals surface area contributed by atoms with Crippen LogP contribution >= 0.6 is 0 Å². The number of aromatic amines is 1. The van der Waals surface area contributed by atoms with E-state index in [1.807, 2.05) is 12.1 Å². The van der Waals surface area contributed by atoms with E-state index in [0.717, 1.165) is 48.0 Å². The second-order valence-electron chi connectivity index (χ2n) is 12.5. The van der Waals surface area contributed by atoms with Crippen LogP contribution in [-0.2, 0) is 4.79 Å². The number of methoxy groups -OCH3 is 1. The third-order valence-corrected chi connectivity index (χ3v) is 8.98. The van der Waals surface area contributed by atoms with Gasteiger partial charge in [-0.25, -0.2) is 0 Å². The molecular formula is C36H59N3O3. The molecule has 1 aromatic carbocycles. The Morgan fingerprint density at radius 3 is 1.83 bits per heavy atom. The molecule has 0 bridgehead atoms. The average Bonchev–Trinajstić information content (AvgIpc) is 3.67. The number of H-pyrrole nitrogens is 1. The highest BCUT2D eigenvalue weighted by Gasteiger charge is 2.22. The largest absolute Gasteiger partial charge is 0.495 e. The predicted octanol–water partition coefficient (Wildman–Crippen LogP) is 9.87. The van der Waals surface area contributed by atoms with Crippen molar-refractivity contribution >= 4 is 28.3 Å². The molecule has 6 heteroatoms. The van der Waals surface area contributed by atoms with Crippen molar-refractivity contribution in [2.75, 3.05) is 19.0 Å². The summed E-state index contributed by atoms with van der Waals surface area (Å²) in [6.07, 6.45) is 30.4. The first-order chi connectivity index (χ1) is 20.6. The fraction of sp³-hybridized carbons (Fsp3) is 0.722. The van der Waals surface area contributed by atoms with Crippen LogP contribution in [-0.4, -0.2) is 36.4 Å². The highest BCUT2D eigenvalue weighted by molar-refractivity contribution is 6.45. The topological polar surface area (TPSA) is 83.2 Å². The minimum atomic E-state index is -0.524. The van der Waals surface area contributed by atoms with Crippen molar-refractivity contribution in [1.29, 1.82) is 0 Å². The molecule has 42 heavy (non-hydrogen) atoms. The Labute approximate surface area is 255 Å². The summed E-state index contributed by atoms with van der Waals surface area (Å²) in [6, 6.07) is 4.27. The van der Waals surface area contributed by atoms with E-state index >= 15 is 0 Å². The monoisotopic (exact) mass is 581 g/mol. The quantitative estimate of drug-likeness (QED) is 0.0654. The minimum Gasteiger partial charge on any atom is -0.495 e. The number of anilines is 1. The Morgan fingerprint density at radius 2 is 1.31 bits per heavy atom. The normalized spacial score (nSPS) is 13.6. The van der Waals surface area contributed by atoms with Gasteiger partial charge in [-0.05, 0) is 25.3 Å². The molecule has 3 N–H and O–H groups in total. The lowest BCUT2D eigenvalue weighted by molar-refractivity contribution is -0.117. The number of ketones is 1. The van der Waals surface area contributed by atoms with Crippen LogP contribution in [0.4, 0.5) is 5.69 Å². The minimum absolute atomic E-state index is 0.414. The Hall–Kier alpha value is -2.50. The van der Waals surface area contributed by atoms with Gasteiger partial charge in [-0.15, -0.1) is 0 Å². The van der Waals surface area contributed by atoms with E-state index in [4.69, 9.17) is 4.74 Å². The molecule has 0 saturated heterocycles.